The average Bonchev–Trinajstić information content (AvgIpc) is 1.85. The summed E-state index contributed by atoms with van der Waals surface area (Å²) in [5, 5.41) is 5.78. The molecule has 0 aromatic rings. The van der Waals surface area contributed by atoms with E-state index in [-0.39, 0.29) is 0 Å². The molecule has 4 nitrogen and oxygen atoms in total. The predicted octanol–water partition coefficient (Wildman–Crippen LogP) is -1.15. The van der Waals surface area contributed by atoms with E-state index in [1.54, 1.807) is 27.5 Å². The standard InChI is InChI=1S/C3H11B3N3OSi/c1-11(2,3)10-9-5-7-4-8-6-9/h7-8H,1-3H3. The molecule has 0 spiro atoms. The number of rotatable bonds is 2. The Morgan fingerprint density at radius 2 is 1.73 bits per heavy atom. The first-order chi connectivity index (χ1) is 5.08. The van der Waals surface area contributed by atoms with Crippen molar-refractivity contribution in [3.8, 4) is 0 Å². The van der Waals surface area contributed by atoms with Crippen molar-refractivity contribution in [1.82, 2.24) is 15.2 Å². The van der Waals surface area contributed by atoms with Gasteiger partial charge in [-0.2, -0.15) is 0 Å². The molecule has 1 aliphatic heterocycles. The molecule has 0 aliphatic carbocycles. The molecule has 0 aromatic heterocycles. The highest BCUT2D eigenvalue weighted by molar-refractivity contribution is 6.71. The SMILES string of the molecule is C[Si](C)(C)ON1[B]N[B]N[B]1. The summed E-state index contributed by atoms with van der Waals surface area (Å²) in [4.78, 5) is 1.66. The van der Waals surface area contributed by atoms with Gasteiger partial charge in [0.05, 0.1) is 0 Å². The molecular formula is C3H11B3N3OSi. The van der Waals surface area contributed by atoms with E-state index in [9.17, 15) is 0 Å². The number of nitrogens with one attached hydrogen (secondary N) is 2. The minimum Gasteiger partial charge on any atom is -0.378 e. The largest absolute Gasteiger partial charge is 0.378 e. The summed E-state index contributed by atoms with van der Waals surface area (Å²) in [6.07, 6.45) is 0. The third-order valence-corrected chi connectivity index (χ3v) is 1.71. The third kappa shape index (κ3) is 3.98. The van der Waals surface area contributed by atoms with E-state index >= 15 is 0 Å². The minimum absolute atomic E-state index is 1.48. The van der Waals surface area contributed by atoms with E-state index < -0.39 is 8.32 Å². The van der Waals surface area contributed by atoms with Gasteiger partial charge in [-0.15, -0.1) is 0 Å². The van der Waals surface area contributed by atoms with Gasteiger partial charge < -0.3 is 14.8 Å². The van der Waals surface area contributed by atoms with Crippen molar-refractivity contribution in [2.24, 2.45) is 0 Å². The van der Waals surface area contributed by atoms with Crippen molar-refractivity contribution < 1.29 is 4.53 Å². The number of hydrogen-bond donors (Lipinski definition) is 2. The Morgan fingerprint density at radius 3 is 2.18 bits per heavy atom. The zero-order valence-electron chi connectivity index (χ0n) is 7.09. The van der Waals surface area contributed by atoms with Crippen LogP contribution in [0.15, 0.2) is 0 Å². The van der Waals surface area contributed by atoms with Crippen LogP contribution < -0.4 is 10.3 Å². The van der Waals surface area contributed by atoms with Crippen LogP contribution in [-0.4, -0.2) is 35.9 Å². The van der Waals surface area contributed by atoms with Gasteiger partial charge in [-0.05, 0) is 19.6 Å². The molecule has 11 heavy (non-hydrogen) atoms. The molecule has 1 saturated heterocycles. The molecular weight excluding hydrogens is 155 g/mol. The molecule has 1 heterocycles. The molecule has 0 bridgehead atoms. The van der Waals surface area contributed by atoms with Crippen LogP contribution in [0.5, 0.6) is 0 Å². The Bertz CT molecular complexity index is 125. The van der Waals surface area contributed by atoms with E-state index in [0.29, 0.717) is 0 Å². The molecule has 2 N–H and O–H groups in total. The van der Waals surface area contributed by atoms with Crippen LogP contribution in [0, 0.1) is 0 Å². The highest BCUT2D eigenvalue weighted by Gasteiger charge is 2.22. The van der Waals surface area contributed by atoms with Gasteiger partial charge in [0.2, 0.25) is 8.32 Å². The summed E-state index contributed by atoms with van der Waals surface area (Å²) >= 11 is 0. The smallest absolute Gasteiger partial charge is 0.312 e. The molecule has 0 unspecified atom stereocenters. The van der Waals surface area contributed by atoms with E-state index in [0.717, 1.165) is 0 Å². The zero-order chi connectivity index (χ0) is 8.32. The second-order valence-corrected chi connectivity index (χ2v) is 7.71. The van der Waals surface area contributed by atoms with Crippen molar-refractivity contribution in [2.75, 3.05) is 0 Å². The lowest BCUT2D eigenvalue weighted by Gasteiger charge is -2.30. The molecule has 8 heteroatoms. The Balaban J connectivity index is 2.24. The summed E-state index contributed by atoms with van der Waals surface area (Å²) in [6, 6.07) is 0. The van der Waals surface area contributed by atoms with Crippen LogP contribution in [0.3, 0.4) is 0 Å². The summed E-state index contributed by atoms with van der Waals surface area (Å²) in [5.41, 5.74) is 0. The quantitative estimate of drug-likeness (QED) is 0.507. The summed E-state index contributed by atoms with van der Waals surface area (Å²) in [7, 11) is 3.77. The Labute approximate surface area is 71.0 Å². The molecule has 1 fully saturated rings. The maximum atomic E-state index is 5.59. The van der Waals surface area contributed by atoms with Gasteiger partial charge in [0.15, 0.2) is 0 Å². The van der Waals surface area contributed by atoms with E-state index in [2.05, 4.69) is 29.9 Å². The fraction of sp³-hybridized carbons (Fsp3) is 1.00. The van der Waals surface area contributed by atoms with Crippen molar-refractivity contribution in [1.29, 1.82) is 0 Å². The van der Waals surface area contributed by atoms with Gasteiger partial charge in [0.25, 0.3) is 7.55 Å². The fourth-order valence-corrected chi connectivity index (χ4v) is 1.41. The predicted molar refractivity (Wildman–Crippen MR) is 49.8 cm³/mol. The van der Waals surface area contributed by atoms with Crippen LogP contribution in [0.25, 0.3) is 0 Å². The van der Waals surface area contributed by atoms with Crippen LogP contribution in [0.4, 0.5) is 0 Å². The van der Waals surface area contributed by atoms with Gasteiger partial charge in [-0.1, -0.05) is 0 Å². The van der Waals surface area contributed by atoms with E-state index in [1.807, 2.05) is 0 Å². The first-order valence-electron chi connectivity index (χ1n) is 3.56. The van der Waals surface area contributed by atoms with Crippen LogP contribution in [0.1, 0.15) is 0 Å². The summed E-state index contributed by atoms with van der Waals surface area (Å²) in [5.74, 6) is 0. The maximum Gasteiger partial charge on any atom is 0.312 e. The van der Waals surface area contributed by atoms with Crippen molar-refractivity contribution in [3.05, 3.63) is 0 Å². The average molecular weight is 166 g/mol. The Kier molecular flexibility index (Phi) is 3.20. The van der Waals surface area contributed by atoms with Crippen molar-refractivity contribution in [2.45, 2.75) is 19.6 Å². The third-order valence-electron chi connectivity index (χ3n) is 0.949. The lowest BCUT2D eigenvalue weighted by atomic mass is 9.84. The van der Waals surface area contributed by atoms with Crippen LogP contribution >= 0.6 is 0 Å². The topological polar surface area (TPSA) is 36.5 Å². The molecule has 0 amide bonds. The number of hydrogen-bond acceptors (Lipinski definition) is 4. The highest BCUT2D eigenvalue weighted by Crippen LogP contribution is 2.03. The minimum atomic E-state index is -1.48. The lowest BCUT2D eigenvalue weighted by Crippen LogP contribution is -2.59. The second kappa shape index (κ2) is 3.77. The molecule has 0 atom stereocenters. The summed E-state index contributed by atoms with van der Waals surface area (Å²) < 4.78 is 5.59. The molecule has 0 saturated carbocycles. The Hall–Kier alpha value is 0.252. The van der Waals surface area contributed by atoms with Crippen molar-refractivity contribution in [3.63, 3.8) is 0 Å². The monoisotopic (exact) mass is 166 g/mol. The Morgan fingerprint density at radius 1 is 1.18 bits per heavy atom. The van der Waals surface area contributed by atoms with Crippen molar-refractivity contribution >= 4 is 31.0 Å². The fourth-order valence-electron chi connectivity index (χ4n) is 0.676. The molecule has 1 aliphatic rings. The van der Waals surface area contributed by atoms with Crippen LogP contribution in [0.2, 0.25) is 19.6 Å². The first-order valence-corrected chi connectivity index (χ1v) is 6.97. The van der Waals surface area contributed by atoms with Gasteiger partial charge in [-0.25, -0.2) is 0 Å². The maximum absolute atomic E-state index is 5.59. The van der Waals surface area contributed by atoms with Gasteiger partial charge >= 0.3 is 15.1 Å². The van der Waals surface area contributed by atoms with Gasteiger partial charge in [0, 0.05) is 0 Å². The molecule has 1 rings (SSSR count). The molecule has 0 aromatic carbocycles. The normalized spacial score (nSPS) is 19.9. The summed E-state index contributed by atoms with van der Waals surface area (Å²) in [6.45, 7) is 6.40. The first kappa shape index (κ1) is 9.34. The lowest BCUT2D eigenvalue weighted by molar-refractivity contribution is 0.112. The van der Waals surface area contributed by atoms with Gasteiger partial charge in [-0.3, -0.25) is 4.89 Å². The van der Waals surface area contributed by atoms with Gasteiger partial charge in [0.1, 0.15) is 0 Å². The zero-order valence-corrected chi connectivity index (χ0v) is 8.09. The van der Waals surface area contributed by atoms with E-state index in [4.69, 9.17) is 4.53 Å². The highest BCUT2D eigenvalue weighted by atomic mass is 28.4. The van der Waals surface area contributed by atoms with Crippen LogP contribution in [-0.2, 0) is 4.53 Å². The molecule has 3 radical (unpaired) electrons. The number of nitrogens with zero attached hydrogens (tertiary/aromatic N) is 1. The van der Waals surface area contributed by atoms with E-state index in [1.165, 1.54) is 0 Å². The second-order valence-electron chi connectivity index (χ2n) is 3.30. The molecule has 57 valence electrons.